The van der Waals surface area contributed by atoms with E-state index in [1.807, 2.05) is 6.92 Å². The number of carbonyl (C=O) groups excluding carboxylic acids is 1. The van der Waals surface area contributed by atoms with Crippen LogP contribution in [0.1, 0.15) is 46.5 Å². The second-order valence-corrected chi connectivity index (χ2v) is 7.35. The summed E-state index contributed by atoms with van der Waals surface area (Å²) < 4.78 is 5.77. The van der Waals surface area contributed by atoms with E-state index < -0.39 is 0 Å². The molecule has 0 bridgehead atoms. The number of nitrogens with zero attached hydrogens (tertiary/aromatic N) is 2. The van der Waals surface area contributed by atoms with Gasteiger partial charge >= 0.3 is 0 Å². The highest BCUT2D eigenvalue weighted by atomic mass is 16.5. The molecule has 0 aromatic rings. The fourth-order valence-electron chi connectivity index (χ4n) is 3.38. The molecule has 1 aliphatic heterocycles. The highest BCUT2D eigenvalue weighted by Crippen LogP contribution is 2.15. The van der Waals surface area contributed by atoms with Crippen molar-refractivity contribution in [2.45, 2.75) is 52.6 Å². The van der Waals surface area contributed by atoms with E-state index >= 15 is 0 Å². The lowest BCUT2D eigenvalue weighted by Crippen LogP contribution is -2.43. The first kappa shape index (κ1) is 22.7. The molecule has 0 aliphatic carbocycles. The van der Waals surface area contributed by atoms with E-state index in [2.05, 4.69) is 34.4 Å². The molecule has 1 heterocycles. The van der Waals surface area contributed by atoms with Gasteiger partial charge in [-0.05, 0) is 51.6 Å². The third-order valence-electron chi connectivity index (χ3n) is 4.92. The molecule has 0 aromatic heterocycles. The summed E-state index contributed by atoms with van der Waals surface area (Å²) >= 11 is 0. The van der Waals surface area contributed by atoms with Crippen LogP contribution < -0.4 is 16.4 Å². The Morgan fingerprint density at radius 3 is 2.69 bits per heavy atom. The van der Waals surface area contributed by atoms with Gasteiger partial charge in [0.15, 0.2) is 5.96 Å². The molecule has 1 rings (SSSR count). The highest BCUT2D eigenvalue weighted by molar-refractivity contribution is 5.79. The number of hydrogen-bond donors (Lipinski definition) is 3. The Hall–Kier alpha value is -1.34. The Kier molecular flexibility index (Phi) is 11.3. The molecular weight excluding hydrogens is 330 g/mol. The van der Waals surface area contributed by atoms with Gasteiger partial charge in [-0.15, -0.1) is 0 Å². The van der Waals surface area contributed by atoms with E-state index in [-0.39, 0.29) is 17.9 Å². The largest absolute Gasteiger partial charge is 0.378 e. The molecule has 1 saturated heterocycles. The number of guanidine groups is 1. The van der Waals surface area contributed by atoms with Crippen LogP contribution >= 0.6 is 0 Å². The number of amides is 1. The molecule has 0 saturated carbocycles. The minimum absolute atomic E-state index is 0.0189. The average Bonchev–Trinajstić information content (AvgIpc) is 2.62. The van der Waals surface area contributed by atoms with Gasteiger partial charge in [0.25, 0.3) is 0 Å². The monoisotopic (exact) mass is 369 g/mol. The Balaban J connectivity index is 2.19. The molecule has 7 nitrogen and oxygen atoms in total. The van der Waals surface area contributed by atoms with E-state index in [9.17, 15) is 4.79 Å². The van der Waals surface area contributed by atoms with Gasteiger partial charge in [-0.25, -0.2) is 0 Å². The van der Waals surface area contributed by atoms with Gasteiger partial charge in [-0.1, -0.05) is 13.8 Å². The molecule has 0 spiro atoms. The van der Waals surface area contributed by atoms with Gasteiger partial charge in [0, 0.05) is 33.3 Å². The number of primary amides is 1. The van der Waals surface area contributed by atoms with Crippen molar-refractivity contribution in [2.75, 3.05) is 46.4 Å². The smallest absolute Gasteiger partial charge is 0.221 e. The number of piperidine rings is 1. The summed E-state index contributed by atoms with van der Waals surface area (Å²) in [6, 6.07) is 0. The van der Waals surface area contributed by atoms with E-state index in [1.165, 1.54) is 0 Å². The van der Waals surface area contributed by atoms with Crippen molar-refractivity contribution in [1.29, 1.82) is 0 Å². The maximum Gasteiger partial charge on any atom is 0.221 e. The molecule has 152 valence electrons. The van der Waals surface area contributed by atoms with E-state index in [0.717, 1.165) is 71.0 Å². The van der Waals surface area contributed by atoms with Gasteiger partial charge in [0.1, 0.15) is 0 Å². The first-order valence-electron chi connectivity index (χ1n) is 10.1. The van der Waals surface area contributed by atoms with Crippen molar-refractivity contribution in [1.82, 2.24) is 15.5 Å². The Labute approximate surface area is 159 Å². The maximum atomic E-state index is 11.3. The van der Waals surface area contributed by atoms with Crippen molar-refractivity contribution >= 4 is 11.9 Å². The normalized spacial score (nSPS) is 20.2. The SMILES string of the molecule is CCOC(CCNC(=NC)NCCCN1CCCC(C(N)=O)C1)C(C)C. The van der Waals surface area contributed by atoms with Crippen LogP contribution in [-0.2, 0) is 9.53 Å². The van der Waals surface area contributed by atoms with Gasteiger partial charge in [0.2, 0.25) is 5.91 Å². The van der Waals surface area contributed by atoms with Gasteiger partial charge in [-0.3, -0.25) is 9.79 Å². The van der Waals surface area contributed by atoms with Crippen LogP contribution in [0.2, 0.25) is 0 Å². The molecule has 4 N–H and O–H groups in total. The van der Waals surface area contributed by atoms with Crippen LogP contribution in [0.25, 0.3) is 0 Å². The van der Waals surface area contributed by atoms with Gasteiger partial charge in [-0.2, -0.15) is 0 Å². The van der Waals surface area contributed by atoms with Crippen molar-refractivity contribution in [3.63, 3.8) is 0 Å². The summed E-state index contributed by atoms with van der Waals surface area (Å²) in [4.78, 5) is 18.0. The molecule has 7 heteroatoms. The summed E-state index contributed by atoms with van der Waals surface area (Å²) in [5.74, 6) is 1.20. The van der Waals surface area contributed by atoms with E-state index in [1.54, 1.807) is 7.05 Å². The number of rotatable bonds is 11. The fraction of sp³-hybridized carbons (Fsp3) is 0.895. The Morgan fingerprint density at radius 2 is 2.08 bits per heavy atom. The van der Waals surface area contributed by atoms with E-state index in [0.29, 0.717) is 5.92 Å². The zero-order valence-electron chi connectivity index (χ0n) is 17.1. The minimum Gasteiger partial charge on any atom is -0.378 e. The minimum atomic E-state index is -0.163. The quantitative estimate of drug-likeness (QED) is 0.289. The van der Waals surface area contributed by atoms with Crippen LogP contribution in [0, 0.1) is 11.8 Å². The van der Waals surface area contributed by atoms with Crippen molar-refractivity contribution in [3.05, 3.63) is 0 Å². The van der Waals surface area contributed by atoms with E-state index in [4.69, 9.17) is 10.5 Å². The summed E-state index contributed by atoms with van der Waals surface area (Å²) in [6.07, 6.45) is 4.25. The van der Waals surface area contributed by atoms with Crippen LogP contribution in [0.4, 0.5) is 0 Å². The molecule has 26 heavy (non-hydrogen) atoms. The number of hydrogen-bond acceptors (Lipinski definition) is 4. The fourth-order valence-corrected chi connectivity index (χ4v) is 3.38. The zero-order valence-corrected chi connectivity index (χ0v) is 17.1. The number of aliphatic imine (C=N–C) groups is 1. The zero-order chi connectivity index (χ0) is 19.4. The molecule has 1 amide bonds. The van der Waals surface area contributed by atoms with Crippen LogP contribution in [0.3, 0.4) is 0 Å². The molecule has 2 atom stereocenters. The maximum absolute atomic E-state index is 11.3. The van der Waals surface area contributed by atoms with Crippen molar-refractivity contribution in [2.24, 2.45) is 22.6 Å². The second-order valence-electron chi connectivity index (χ2n) is 7.35. The summed E-state index contributed by atoms with van der Waals surface area (Å²) in [5, 5.41) is 6.72. The Bertz CT molecular complexity index is 428. The van der Waals surface area contributed by atoms with Crippen molar-refractivity contribution in [3.8, 4) is 0 Å². The first-order chi connectivity index (χ1) is 12.5. The number of nitrogens with one attached hydrogen (secondary N) is 2. The molecule has 1 aliphatic rings. The third kappa shape index (κ3) is 8.85. The summed E-state index contributed by atoms with van der Waals surface area (Å²) in [7, 11) is 1.79. The first-order valence-corrected chi connectivity index (χ1v) is 10.1. The topological polar surface area (TPSA) is 92.0 Å². The number of likely N-dealkylation sites (tertiary alicyclic amines) is 1. The number of carbonyl (C=O) groups is 1. The lowest BCUT2D eigenvalue weighted by atomic mass is 9.97. The predicted molar refractivity (Wildman–Crippen MR) is 107 cm³/mol. The Morgan fingerprint density at radius 1 is 1.35 bits per heavy atom. The second kappa shape index (κ2) is 12.9. The van der Waals surface area contributed by atoms with Crippen LogP contribution in [0.5, 0.6) is 0 Å². The van der Waals surface area contributed by atoms with Gasteiger partial charge < -0.3 is 26.0 Å². The average molecular weight is 370 g/mol. The van der Waals surface area contributed by atoms with Crippen LogP contribution in [-0.4, -0.2) is 69.2 Å². The lowest BCUT2D eigenvalue weighted by Gasteiger charge is -2.31. The molecule has 2 unspecified atom stereocenters. The number of nitrogens with two attached hydrogens (primary N) is 1. The predicted octanol–water partition coefficient (Wildman–Crippen LogP) is 1.19. The standard InChI is InChI=1S/C19H39N5O2/c1-5-26-17(15(2)3)9-11-23-19(21-4)22-10-7-13-24-12-6-8-16(14-24)18(20)25/h15-17H,5-14H2,1-4H3,(H2,20,25)(H2,21,22,23). The molecule has 0 radical (unpaired) electrons. The summed E-state index contributed by atoms with van der Waals surface area (Å²) in [5.41, 5.74) is 5.44. The summed E-state index contributed by atoms with van der Waals surface area (Å²) in [6.45, 7) is 11.7. The lowest BCUT2D eigenvalue weighted by molar-refractivity contribution is -0.123. The third-order valence-corrected chi connectivity index (χ3v) is 4.92. The van der Waals surface area contributed by atoms with Crippen LogP contribution in [0.15, 0.2) is 4.99 Å². The molecule has 0 aromatic carbocycles. The molecule has 1 fully saturated rings. The highest BCUT2D eigenvalue weighted by Gasteiger charge is 2.23. The number of ether oxygens (including phenoxy) is 1. The van der Waals surface area contributed by atoms with Crippen molar-refractivity contribution < 1.29 is 9.53 Å². The molecular formula is C19H39N5O2. The van der Waals surface area contributed by atoms with Gasteiger partial charge in [0.05, 0.1) is 12.0 Å².